The Morgan fingerprint density at radius 1 is 1.19 bits per heavy atom. The van der Waals surface area contributed by atoms with Crippen LogP contribution in [0.3, 0.4) is 0 Å². The fourth-order valence-electron chi connectivity index (χ4n) is 4.16. The zero-order valence-corrected chi connectivity index (χ0v) is 20.6. The van der Waals surface area contributed by atoms with Gasteiger partial charge in [-0.15, -0.1) is 5.10 Å². The van der Waals surface area contributed by atoms with E-state index in [1.54, 1.807) is 6.20 Å². The van der Waals surface area contributed by atoms with Gasteiger partial charge in [-0.2, -0.15) is 10.1 Å². The number of hydrogen-bond donors (Lipinski definition) is 3. The first-order chi connectivity index (χ1) is 17.5. The summed E-state index contributed by atoms with van der Waals surface area (Å²) in [4.78, 5) is 24.5. The van der Waals surface area contributed by atoms with Crippen LogP contribution in [0, 0.1) is 6.92 Å². The molecule has 10 nitrogen and oxygen atoms in total. The molecule has 3 heterocycles. The Labute approximate surface area is 210 Å². The van der Waals surface area contributed by atoms with E-state index in [4.69, 9.17) is 14.7 Å². The SMILES string of the molecule is Cc1ccc(NC(=O)c2cc(C3CC3)cnn2)cc1-c1cc(N2CCOCC2)nc(N[C@H](C)CO)n1. The Morgan fingerprint density at radius 3 is 2.75 bits per heavy atom. The Bertz CT molecular complexity index is 1240. The molecule has 1 atom stereocenters. The predicted octanol–water partition coefficient (Wildman–Crippen LogP) is 3.00. The van der Waals surface area contributed by atoms with Gasteiger partial charge in [0.1, 0.15) is 5.82 Å². The summed E-state index contributed by atoms with van der Waals surface area (Å²) in [5.41, 5.74) is 4.63. The van der Waals surface area contributed by atoms with Gasteiger partial charge in [0.25, 0.3) is 5.91 Å². The summed E-state index contributed by atoms with van der Waals surface area (Å²) in [6, 6.07) is 9.32. The number of amides is 1. The van der Waals surface area contributed by atoms with Crippen molar-refractivity contribution in [1.82, 2.24) is 20.2 Å². The number of ether oxygens (including phenoxy) is 1. The zero-order chi connectivity index (χ0) is 25.1. The van der Waals surface area contributed by atoms with Crippen molar-refractivity contribution in [3.05, 3.63) is 53.3 Å². The zero-order valence-electron chi connectivity index (χ0n) is 20.6. The molecule has 2 aromatic heterocycles. The number of aliphatic hydroxyl groups excluding tert-OH is 1. The van der Waals surface area contributed by atoms with Gasteiger partial charge in [0, 0.05) is 36.4 Å². The average Bonchev–Trinajstić information content (AvgIpc) is 3.76. The smallest absolute Gasteiger partial charge is 0.276 e. The van der Waals surface area contributed by atoms with E-state index in [2.05, 4.69) is 25.7 Å². The van der Waals surface area contributed by atoms with Gasteiger partial charge in [-0.1, -0.05) is 6.07 Å². The van der Waals surface area contributed by atoms with Crippen LogP contribution in [-0.4, -0.2) is 70.1 Å². The number of nitrogens with one attached hydrogen (secondary N) is 2. The number of carbonyl (C=O) groups is 1. The molecule has 5 rings (SSSR count). The molecule has 0 spiro atoms. The van der Waals surface area contributed by atoms with Crippen LogP contribution >= 0.6 is 0 Å². The minimum absolute atomic E-state index is 0.0359. The minimum atomic E-state index is -0.296. The van der Waals surface area contributed by atoms with Gasteiger partial charge < -0.3 is 25.4 Å². The molecule has 1 amide bonds. The van der Waals surface area contributed by atoms with E-state index >= 15 is 0 Å². The van der Waals surface area contributed by atoms with E-state index in [0.717, 1.165) is 54.1 Å². The number of morpholine rings is 1. The molecule has 0 unspecified atom stereocenters. The lowest BCUT2D eigenvalue weighted by Crippen LogP contribution is -2.37. The van der Waals surface area contributed by atoms with Gasteiger partial charge in [-0.3, -0.25) is 4.79 Å². The van der Waals surface area contributed by atoms with E-state index in [9.17, 15) is 9.90 Å². The Morgan fingerprint density at radius 2 is 2.00 bits per heavy atom. The van der Waals surface area contributed by atoms with Gasteiger partial charge in [0.05, 0.1) is 31.7 Å². The molecule has 188 valence electrons. The molecule has 0 bridgehead atoms. The highest BCUT2D eigenvalue weighted by Crippen LogP contribution is 2.39. The number of nitrogens with zero attached hydrogens (tertiary/aromatic N) is 5. The van der Waals surface area contributed by atoms with Crippen LogP contribution in [0.5, 0.6) is 0 Å². The van der Waals surface area contributed by atoms with Crippen molar-refractivity contribution in [2.75, 3.05) is 48.4 Å². The molecule has 1 saturated heterocycles. The number of aromatic nitrogens is 4. The second kappa shape index (κ2) is 10.5. The van der Waals surface area contributed by atoms with Crippen molar-refractivity contribution >= 4 is 23.4 Å². The number of carbonyl (C=O) groups excluding carboxylic acids is 1. The summed E-state index contributed by atoms with van der Waals surface area (Å²) in [7, 11) is 0. The summed E-state index contributed by atoms with van der Waals surface area (Å²) in [5.74, 6) is 1.43. The number of hydrogen-bond acceptors (Lipinski definition) is 9. The van der Waals surface area contributed by atoms with Crippen LogP contribution in [0.2, 0.25) is 0 Å². The fraction of sp³-hybridized carbons (Fsp3) is 0.423. The molecule has 10 heteroatoms. The monoisotopic (exact) mass is 489 g/mol. The number of rotatable bonds is 8. The lowest BCUT2D eigenvalue weighted by molar-refractivity contribution is 0.102. The number of aliphatic hydroxyl groups is 1. The molecular weight excluding hydrogens is 458 g/mol. The topological polar surface area (TPSA) is 125 Å². The second-order valence-electron chi connectivity index (χ2n) is 9.39. The molecule has 0 radical (unpaired) electrons. The molecule has 1 saturated carbocycles. The standard InChI is InChI=1S/C26H31N7O3/c1-16-3-6-20(29-25(35)23-11-19(14-27-32-23)18-4-5-18)12-21(16)22-13-24(33-7-9-36-10-8-33)31-26(30-22)28-17(2)15-34/h3,6,11-14,17-18,34H,4-5,7-10,15H2,1-2H3,(H,29,35)(H,28,30,31)/t17-/m1/s1. The van der Waals surface area contributed by atoms with E-state index in [1.165, 1.54) is 0 Å². The molecule has 2 fully saturated rings. The van der Waals surface area contributed by atoms with Crippen molar-refractivity contribution in [3.63, 3.8) is 0 Å². The third-order valence-electron chi connectivity index (χ3n) is 6.43. The van der Waals surface area contributed by atoms with Crippen molar-refractivity contribution in [1.29, 1.82) is 0 Å². The molecule has 3 N–H and O–H groups in total. The molecule has 36 heavy (non-hydrogen) atoms. The maximum absolute atomic E-state index is 12.9. The van der Waals surface area contributed by atoms with E-state index in [0.29, 0.717) is 36.5 Å². The largest absolute Gasteiger partial charge is 0.394 e. The van der Waals surface area contributed by atoms with Crippen LogP contribution in [0.1, 0.15) is 47.3 Å². The maximum Gasteiger partial charge on any atom is 0.276 e. The highest BCUT2D eigenvalue weighted by Gasteiger charge is 2.25. The van der Waals surface area contributed by atoms with Crippen LogP contribution in [0.4, 0.5) is 17.5 Å². The van der Waals surface area contributed by atoms with E-state index in [-0.39, 0.29) is 18.6 Å². The molecule has 1 aromatic carbocycles. The van der Waals surface area contributed by atoms with Gasteiger partial charge in [0.2, 0.25) is 5.95 Å². The number of benzene rings is 1. The second-order valence-corrected chi connectivity index (χ2v) is 9.39. The molecule has 2 aliphatic rings. The maximum atomic E-state index is 12.9. The number of anilines is 3. The average molecular weight is 490 g/mol. The van der Waals surface area contributed by atoms with Crippen molar-refractivity contribution in [2.24, 2.45) is 0 Å². The van der Waals surface area contributed by atoms with E-state index in [1.807, 2.05) is 44.2 Å². The van der Waals surface area contributed by atoms with Gasteiger partial charge in [0.15, 0.2) is 5.69 Å². The first-order valence-corrected chi connectivity index (χ1v) is 12.3. The summed E-state index contributed by atoms with van der Waals surface area (Å²) < 4.78 is 5.50. The molecule has 1 aliphatic carbocycles. The summed E-state index contributed by atoms with van der Waals surface area (Å²) in [6.45, 7) is 6.59. The highest BCUT2D eigenvalue weighted by molar-refractivity contribution is 6.03. The van der Waals surface area contributed by atoms with Gasteiger partial charge >= 0.3 is 0 Å². The van der Waals surface area contributed by atoms with Gasteiger partial charge in [-0.05, 0) is 61.9 Å². The Kier molecular flexibility index (Phi) is 7.06. The highest BCUT2D eigenvalue weighted by atomic mass is 16.5. The molecule has 1 aliphatic heterocycles. The van der Waals surface area contributed by atoms with Crippen molar-refractivity contribution in [3.8, 4) is 11.3 Å². The first kappa shape index (κ1) is 24.1. The minimum Gasteiger partial charge on any atom is -0.394 e. The van der Waals surface area contributed by atoms with Crippen LogP contribution in [0.15, 0.2) is 36.5 Å². The molecule has 3 aromatic rings. The van der Waals surface area contributed by atoms with Crippen LogP contribution in [0.25, 0.3) is 11.3 Å². The van der Waals surface area contributed by atoms with Crippen LogP contribution < -0.4 is 15.5 Å². The Balaban J connectivity index is 1.44. The van der Waals surface area contributed by atoms with E-state index < -0.39 is 0 Å². The first-order valence-electron chi connectivity index (χ1n) is 12.3. The summed E-state index contributed by atoms with van der Waals surface area (Å²) in [6.07, 6.45) is 4.00. The lowest BCUT2D eigenvalue weighted by atomic mass is 10.0. The quantitative estimate of drug-likeness (QED) is 0.438. The third-order valence-corrected chi connectivity index (χ3v) is 6.43. The summed E-state index contributed by atoms with van der Waals surface area (Å²) in [5, 5.41) is 23.7. The fourth-order valence-corrected chi connectivity index (χ4v) is 4.16. The molecular formula is C26H31N7O3. The predicted molar refractivity (Wildman–Crippen MR) is 137 cm³/mol. The van der Waals surface area contributed by atoms with Crippen LogP contribution in [-0.2, 0) is 4.74 Å². The summed E-state index contributed by atoms with van der Waals surface area (Å²) >= 11 is 0. The number of aryl methyl sites for hydroxylation is 1. The lowest BCUT2D eigenvalue weighted by Gasteiger charge is -2.28. The van der Waals surface area contributed by atoms with Gasteiger partial charge in [-0.25, -0.2) is 4.98 Å². The normalized spacial score (nSPS) is 16.5. The van der Waals surface area contributed by atoms with Crippen molar-refractivity contribution < 1.29 is 14.6 Å². The third kappa shape index (κ3) is 5.60. The Hall–Kier alpha value is -3.63. The van der Waals surface area contributed by atoms with Crippen molar-refractivity contribution in [2.45, 2.75) is 38.6 Å².